The molecule has 0 unspecified atom stereocenters. The lowest BCUT2D eigenvalue weighted by molar-refractivity contribution is 0.0687. The molecule has 1 aromatic heterocycles. The Bertz CT molecular complexity index is 588. The molecule has 0 saturated heterocycles. The van der Waals surface area contributed by atoms with Gasteiger partial charge in [0.1, 0.15) is 0 Å². The first-order valence-electron chi connectivity index (χ1n) is 6.51. The van der Waals surface area contributed by atoms with Crippen LogP contribution in [0.3, 0.4) is 0 Å². The molecule has 1 aliphatic carbocycles. The van der Waals surface area contributed by atoms with Crippen molar-refractivity contribution < 1.29 is 18.3 Å². The number of sulfonamides is 1. The minimum atomic E-state index is -3.80. The molecule has 0 radical (unpaired) electrons. The van der Waals surface area contributed by atoms with Gasteiger partial charge >= 0.3 is 5.97 Å². The van der Waals surface area contributed by atoms with Gasteiger partial charge in [0.05, 0.1) is 5.51 Å². The Morgan fingerprint density at radius 2 is 2.10 bits per heavy atom. The highest BCUT2D eigenvalue weighted by Gasteiger charge is 2.31. The first-order chi connectivity index (χ1) is 9.34. The molecule has 0 spiro atoms. The summed E-state index contributed by atoms with van der Waals surface area (Å²) in [6, 6.07) is 0. The fourth-order valence-electron chi connectivity index (χ4n) is 2.49. The van der Waals surface area contributed by atoms with Gasteiger partial charge in [-0.3, -0.25) is 0 Å². The van der Waals surface area contributed by atoms with Gasteiger partial charge in [-0.15, -0.1) is 11.3 Å². The van der Waals surface area contributed by atoms with Crippen molar-refractivity contribution in [2.24, 2.45) is 5.41 Å². The molecule has 0 bridgehead atoms. The topological polar surface area (TPSA) is 96.4 Å². The van der Waals surface area contributed by atoms with Crippen LogP contribution >= 0.6 is 11.3 Å². The molecule has 20 heavy (non-hydrogen) atoms. The van der Waals surface area contributed by atoms with Crippen molar-refractivity contribution in [3.63, 3.8) is 0 Å². The van der Waals surface area contributed by atoms with Crippen LogP contribution in [0.15, 0.2) is 9.72 Å². The van der Waals surface area contributed by atoms with E-state index in [1.165, 1.54) is 11.9 Å². The Balaban J connectivity index is 2.11. The summed E-state index contributed by atoms with van der Waals surface area (Å²) in [4.78, 5) is 14.5. The van der Waals surface area contributed by atoms with Gasteiger partial charge in [0.25, 0.3) is 10.0 Å². The zero-order chi connectivity index (χ0) is 14.8. The number of carboxylic acids is 1. The molecule has 1 fully saturated rings. The summed E-state index contributed by atoms with van der Waals surface area (Å²) >= 11 is 0.828. The fourth-order valence-corrected chi connectivity index (χ4v) is 4.87. The summed E-state index contributed by atoms with van der Waals surface area (Å²) in [7, 11) is -3.80. The highest BCUT2D eigenvalue weighted by atomic mass is 32.2. The fraction of sp³-hybridized carbons (Fsp3) is 0.667. The van der Waals surface area contributed by atoms with Gasteiger partial charge in [-0.1, -0.05) is 26.2 Å². The maximum atomic E-state index is 12.2. The summed E-state index contributed by atoms with van der Waals surface area (Å²) in [6.45, 7) is 2.41. The van der Waals surface area contributed by atoms with Gasteiger partial charge in [-0.2, -0.15) is 0 Å². The molecular formula is C12H18N2O4S2. The Morgan fingerprint density at radius 1 is 1.45 bits per heavy atom. The molecule has 0 atom stereocenters. The second-order valence-corrected chi connectivity index (χ2v) is 8.31. The van der Waals surface area contributed by atoms with E-state index in [0.717, 1.165) is 37.0 Å². The highest BCUT2D eigenvalue weighted by molar-refractivity contribution is 7.91. The Hall–Kier alpha value is -0.990. The number of hydrogen-bond acceptors (Lipinski definition) is 5. The van der Waals surface area contributed by atoms with Gasteiger partial charge in [0.15, 0.2) is 9.90 Å². The maximum absolute atomic E-state index is 12.2. The predicted octanol–water partition coefficient (Wildman–Crippen LogP) is 2.09. The van der Waals surface area contributed by atoms with Crippen LogP contribution in [-0.4, -0.2) is 31.0 Å². The van der Waals surface area contributed by atoms with Crippen molar-refractivity contribution in [2.45, 2.75) is 43.2 Å². The van der Waals surface area contributed by atoms with E-state index in [4.69, 9.17) is 5.11 Å². The van der Waals surface area contributed by atoms with Crippen molar-refractivity contribution in [2.75, 3.05) is 6.54 Å². The molecular weight excluding hydrogens is 300 g/mol. The third-order valence-corrected chi connectivity index (χ3v) is 6.50. The number of thiazole rings is 1. The van der Waals surface area contributed by atoms with Gasteiger partial charge in [0.2, 0.25) is 0 Å². The number of rotatable bonds is 5. The van der Waals surface area contributed by atoms with E-state index in [0.29, 0.717) is 6.54 Å². The van der Waals surface area contributed by atoms with E-state index < -0.39 is 21.7 Å². The van der Waals surface area contributed by atoms with Crippen LogP contribution in [0.25, 0.3) is 0 Å². The van der Waals surface area contributed by atoms with E-state index in [9.17, 15) is 13.2 Å². The standard InChI is InChI=1S/C12H18N2O4S2/c1-12(5-3-2-4-6-12)7-14-20(17,18)11-9(10(15)16)13-8-19-11/h8,14H,2-7H2,1H3,(H,15,16). The van der Waals surface area contributed by atoms with E-state index in [1.54, 1.807) is 0 Å². The zero-order valence-corrected chi connectivity index (χ0v) is 12.9. The molecule has 0 aromatic carbocycles. The second-order valence-electron chi connectivity index (χ2n) is 5.49. The van der Waals surface area contributed by atoms with Gasteiger partial charge in [-0.05, 0) is 18.3 Å². The predicted molar refractivity (Wildman–Crippen MR) is 75.5 cm³/mol. The molecule has 2 rings (SSSR count). The molecule has 8 heteroatoms. The van der Waals surface area contributed by atoms with Crippen molar-refractivity contribution in [3.8, 4) is 0 Å². The number of nitrogens with zero attached hydrogens (tertiary/aromatic N) is 1. The van der Waals surface area contributed by atoms with Crippen molar-refractivity contribution in [1.82, 2.24) is 9.71 Å². The molecule has 6 nitrogen and oxygen atoms in total. The van der Waals surface area contributed by atoms with Crippen LogP contribution in [-0.2, 0) is 10.0 Å². The second kappa shape index (κ2) is 5.79. The molecule has 1 saturated carbocycles. The molecule has 1 aromatic rings. The summed E-state index contributed by atoms with van der Waals surface area (Å²) in [5.74, 6) is -1.32. The lowest BCUT2D eigenvalue weighted by Gasteiger charge is -2.33. The largest absolute Gasteiger partial charge is 0.476 e. The van der Waals surface area contributed by atoms with Gasteiger partial charge in [0, 0.05) is 6.54 Å². The normalized spacial score (nSPS) is 18.9. The molecule has 0 amide bonds. The zero-order valence-electron chi connectivity index (χ0n) is 11.3. The van der Waals surface area contributed by atoms with E-state index >= 15 is 0 Å². The van der Waals surface area contributed by atoms with Crippen LogP contribution in [0.1, 0.15) is 49.5 Å². The molecule has 1 heterocycles. The summed E-state index contributed by atoms with van der Waals surface area (Å²) in [6.07, 6.45) is 5.40. The molecule has 1 aliphatic rings. The molecule has 0 aliphatic heterocycles. The third-order valence-electron chi connectivity index (χ3n) is 3.73. The van der Waals surface area contributed by atoms with Crippen molar-refractivity contribution in [3.05, 3.63) is 11.2 Å². The number of aromatic nitrogens is 1. The lowest BCUT2D eigenvalue weighted by atomic mass is 9.76. The quantitative estimate of drug-likeness (QED) is 0.866. The number of hydrogen-bond donors (Lipinski definition) is 2. The molecule has 112 valence electrons. The van der Waals surface area contributed by atoms with Crippen molar-refractivity contribution >= 4 is 27.3 Å². The average Bonchev–Trinajstić information content (AvgIpc) is 2.88. The number of nitrogens with one attached hydrogen (secondary N) is 1. The third kappa shape index (κ3) is 3.36. The number of aromatic carboxylic acids is 1. The van der Waals surface area contributed by atoms with E-state index in [1.807, 2.05) is 0 Å². The van der Waals surface area contributed by atoms with Crippen LogP contribution in [0.5, 0.6) is 0 Å². The minimum absolute atomic E-state index is 0.0423. The summed E-state index contributed by atoms with van der Waals surface area (Å²) in [5.41, 5.74) is 0.788. The van der Waals surface area contributed by atoms with E-state index in [2.05, 4.69) is 16.6 Å². The maximum Gasteiger partial charge on any atom is 0.356 e. The SMILES string of the molecule is CC1(CNS(=O)(=O)c2scnc2C(=O)O)CCCCC1. The van der Waals surface area contributed by atoms with Gasteiger partial charge < -0.3 is 5.11 Å². The monoisotopic (exact) mass is 318 g/mol. The summed E-state index contributed by atoms with van der Waals surface area (Å²) in [5, 5.41) is 8.94. The Labute approximate surface area is 122 Å². The first kappa shape index (κ1) is 15.4. The summed E-state index contributed by atoms with van der Waals surface area (Å²) < 4.78 is 26.7. The minimum Gasteiger partial charge on any atom is -0.476 e. The van der Waals surface area contributed by atoms with E-state index in [-0.39, 0.29) is 9.62 Å². The van der Waals surface area contributed by atoms with Crippen LogP contribution in [0.4, 0.5) is 0 Å². The lowest BCUT2D eigenvalue weighted by Crippen LogP contribution is -2.37. The number of carboxylic acid groups (broad SMARTS) is 1. The Kier molecular flexibility index (Phi) is 4.46. The van der Waals surface area contributed by atoms with Gasteiger partial charge in [-0.25, -0.2) is 22.9 Å². The van der Waals surface area contributed by atoms with Crippen LogP contribution < -0.4 is 4.72 Å². The van der Waals surface area contributed by atoms with Crippen LogP contribution in [0.2, 0.25) is 0 Å². The number of carbonyl (C=O) groups is 1. The average molecular weight is 318 g/mol. The highest BCUT2D eigenvalue weighted by Crippen LogP contribution is 2.35. The smallest absolute Gasteiger partial charge is 0.356 e. The first-order valence-corrected chi connectivity index (χ1v) is 8.87. The van der Waals surface area contributed by atoms with Crippen LogP contribution in [0, 0.1) is 5.41 Å². The molecule has 2 N–H and O–H groups in total. The Morgan fingerprint density at radius 3 is 2.70 bits per heavy atom. The van der Waals surface area contributed by atoms with Crippen molar-refractivity contribution in [1.29, 1.82) is 0 Å².